The number of nitrogens with one attached hydrogen (secondary N) is 1. The number of hydrogen-bond acceptors (Lipinski definition) is 3. The monoisotopic (exact) mass is 260 g/mol. The maximum Gasteiger partial charge on any atom is 0.118 e. The van der Waals surface area contributed by atoms with Crippen molar-refractivity contribution in [2.75, 3.05) is 20.2 Å². The molecule has 3 atom stereocenters. The summed E-state index contributed by atoms with van der Waals surface area (Å²) in [4.78, 5) is 2.62. The largest absolute Gasteiger partial charge is 0.497 e. The summed E-state index contributed by atoms with van der Waals surface area (Å²) in [6.07, 6.45) is 4.00. The molecule has 0 amide bonds. The van der Waals surface area contributed by atoms with Crippen molar-refractivity contribution < 1.29 is 4.74 Å². The highest BCUT2D eigenvalue weighted by atomic mass is 16.5. The SMILES string of the molecule is COc1ccc(C(C)N2CCC3CCC(C2)N3)cc1. The molecule has 1 aromatic rings. The van der Waals surface area contributed by atoms with E-state index in [1.807, 2.05) is 0 Å². The Morgan fingerprint density at radius 1 is 1.16 bits per heavy atom. The Labute approximate surface area is 115 Å². The number of ether oxygens (including phenoxy) is 1. The topological polar surface area (TPSA) is 24.5 Å². The Morgan fingerprint density at radius 2 is 1.89 bits per heavy atom. The van der Waals surface area contributed by atoms with Crippen LogP contribution < -0.4 is 10.1 Å². The molecule has 2 bridgehead atoms. The Bertz CT molecular complexity index is 417. The highest BCUT2D eigenvalue weighted by Gasteiger charge is 2.31. The van der Waals surface area contributed by atoms with Gasteiger partial charge in [-0.2, -0.15) is 0 Å². The molecule has 2 aliphatic heterocycles. The van der Waals surface area contributed by atoms with E-state index in [1.165, 1.54) is 37.9 Å². The van der Waals surface area contributed by atoms with E-state index in [2.05, 4.69) is 41.4 Å². The molecule has 19 heavy (non-hydrogen) atoms. The quantitative estimate of drug-likeness (QED) is 0.904. The van der Waals surface area contributed by atoms with Gasteiger partial charge >= 0.3 is 0 Å². The first-order valence-corrected chi connectivity index (χ1v) is 7.40. The van der Waals surface area contributed by atoms with Crippen LogP contribution in [-0.2, 0) is 0 Å². The van der Waals surface area contributed by atoms with Gasteiger partial charge in [0.1, 0.15) is 5.75 Å². The number of hydrogen-bond donors (Lipinski definition) is 1. The molecule has 2 saturated heterocycles. The highest BCUT2D eigenvalue weighted by molar-refractivity contribution is 5.29. The van der Waals surface area contributed by atoms with E-state index in [0.717, 1.165) is 11.8 Å². The maximum absolute atomic E-state index is 5.23. The van der Waals surface area contributed by atoms with Crippen LogP contribution in [0, 0.1) is 0 Å². The summed E-state index contributed by atoms with van der Waals surface area (Å²) >= 11 is 0. The Hall–Kier alpha value is -1.06. The van der Waals surface area contributed by atoms with Crippen LogP contribution in [0.4, 0.5) is 0 Å². The Morgan fingerprint density at radius 3 is 2.63 bits per heavy atom. The third-order valence-electron chi connectivity index (χ3n) is 4.70. The van der Waals surface area contributed by atoms with Crippen LogP contribution in [0.5, 0.6) is 5.75 Å². The minimum absolute atomic E-state index is 0.493. The van der Waals surface area contributed by atoms with Crippen molar-refractivity contribution in [1.82, 2.24) is 10.2 Å². The first-order chi connectivity index (χ1) is 9.26. The third-order valence-corrected chi connectivity index (χ3v) is 4.70. The lowest BCUT2D eigenvalue weighted by atomic mass is 10.0. The van der Waals surface area contributed by atoms with Gasteiger partial charge in [0.15, 0.2) is 0 Å². The predicted octanol–water partition coefficient (Wildman–Crippen LogP) is 2.58. The van der Waals surface area contributed by atoms with Crippen LogP contribution >= 0.6 is 0 Å². The smallest absolute Gasteiger partial charge is 0.118 e. The standard InChI is InChI=1S/C16H24N2O/c1-12(13-3-7-16(19-2)8-4-13)18-10-9-14-5-6-15(11-18)17-14/h3-4,7-8,12,14-15,17H,5-6,9-11H2,1-2H3. The first kappa shape index (κ1) is 12.9. The van der Waals surface area contributed by atoms with Crippen molar-refractivity contribution in [2.24, 2.45) is 0 Å². The molecular weight excluding hydrogens is 236 g/mol. The molecule has 1 aromatic carbocycles. The van der Waals surface area contributed by atoms with Crippen molar-refractivity contribution in [3.8, 4) is 5.75 Å². The molecule has 2 aliphatic rings. The molecule has 0 aromatic heterocycles. The zero-order valence-corrected chi connectivity index (χ0v) is 11.9. The molecule has 0 radical (unpaired) electrons. The fraction of sp³-hybridized carbons (Fsp3) is 0.625. The lowest BCUT2D eigenvalue weighted by Gasteiger charge is -2.30. The summed E-state index contributed by atoms with van der Waals surface area (Å²) in [6, 6.07) is 10.5. The second-order valence-corrected chi connectivity index (χ2v) is 5.87. The van der Waals surface area contributed by atoms with Crippen molar-refractivity contribution in [1.29, 1.82) is 0 Å². The van der Waals surface area contributed by atoms with Crippen LogP contribution in [0.25, 0.3) is 0 Å². The second kappa shape index (κ2) is 5.51. The molecule has 3 unspecified atom stereocenters. The molecule has 104 valence electrons. The average molecular weight is 260 g/mol. The van der Waals surface area contributed by atoms with E-state index < -0.39 is 0 Å². The first-order valence-electron chi connectivity index (χ1n) is 7.40. The van der Waals surface area contributed by atoms with Gasteiger partial charge < -0.3 is 10.1 Å². The number of likely N-dealkylation sites (tertiary alicyclic amines) is 1. The van der Waals surface area contributed by atoms with E-state index >= 15 is 0 Å². The molecule has 2 heterocycles. The van der Waals surface area contributed by atoms with Crippen molar-refractivity contribution in [2.45, 2.75) is 44.3 Å². The van der Waals surface area contributed by atoms with Crippen LogP contribution in [0.15, 0.2) is 24.3 Å². The number of rotatable bonds is 3. The molecule has 0 spiro atoms. The van der Waals surface area contributed by atoms with E-state index in [0.29, 0.717) is 12.1 Å². The van der Waals surface area contributed by atoms with Crippen LogP contribution in [0.3, 0.4) is 0 Å². The fourth-order valence-electron chi connectivity index (χ4n) is 3.42. The molecule has 0 saturated carbocycles. The summed E-state index contributed by atoms with van der Waals surface area (Å²) in [5, 5.41) is 3.75. The van der Waals surface area contributed by atoms with E-state index in [4.69, 9.17) is 4.74 Å². The van der Waals surface area contributed by atoms with E-state index in [-0.39, 0.29) is 0 Å². The summed E-state index contributed by atoms with van der Waals surface area (Å²) in [5.74, 6) is 0.938. The molecular formula is C16H24N2O. The highest BCUT2D eigenvalue weighted by Crippen LogP contribution is 2.28. The predicted molar refractivity (Wildman–Crippen MR) is 77.5 cm³/mol. The lowest BCUT2D eigenvalue weighted by Crippen LogP contribution is -2.36. The number of methoxy groups -OCH3 is 1. The second-order valence-electron chi connectivity index (χ2n) is 5.87. The van der Waals surface area contributed by atoms with Gasteiger partial charge in [0, 0.05) is 31.2 Å². The van der Waals surface area contributed by atoms with E-state index in [1.54, 1.807) is 7.11 Å². The van der Waals surface area contributed by atoms with Gasteiger partial charge in [-0.15, -0.1) is 0 Å². The molecule has 1 N–H and O–H groups in total. The summed E-state index contributed by atoms with van der Waals surface area (Å²) < 4.78 is 5.23. The third kappa shape index (κ3) is 2.77. The van der Waals surface area contributed by atoms with Gasteiger partial charge in [-0.25, -0.2) is 0 Å². The van der Waals surface area contributed by atoms with Crippen LogP contribution in [-0.4, -0.2) is 37.2 Å². The minimum atomic E-state index is 0.493. The summed E-state index contributed by atoms with van der Waals surface area (Å²) in [6.45, 7) is 4.71. The zero-order valence-electron chi connectivity index (χ0n) is 11.9. The van der Waals surface area contributed by atoms with Crippen molar-refractivity contribution in [3.05, 3.63) is 29.8 Å². The van der Waals surface area contributed by atoms with Gasteiger partial charge in [-0.05, 0) is 43.9 Å². The minimum Gasteiger partial charge on any atom is -0.497 e. The van der Waals surface area contributed by atoms with Gasteiger partial charge in [0.2, 0.25) is 0 Å². The molecule has 0 aliphatic carbocycles. The van der Waals surface area contributed by atoms with Crippen molar-refractivity contribution >= 4 is 0 Å². The molecule has 3 rings (SSSR count). The Kier molecular flexibility index (Phi) is 3.76. The average Bonchev–Trinajstić information content (AvgIpc) is 2.78. The van der Waals surface area contributed by atoms with Crippen LogP contribution in [0.1, 0.15) is 37.8 Å². The molecule has 3 nitrogen and oxygen atoms in total. The normalized spacial score (nSPS) is 28.9. The van der Waals surface area contributed by atoms with Gasteiger partial charge in [-0.3, -0.25) is 4.90 Å². The van der Waals surface area contributed by atoms with Crippen LogP contribution in [0.2, 0.25) is 0 Å². The molecule has 3 heteroatoms. The zero-order chi connectivity index (χ0) is 13.2. The Balaban J connectivity index is 1.69. The lowest BCUT2D eigenvalue weighted by molar-refractivity contribution is 0.200. The molecule has 2 fully saturated rings. The number of fused-ring (bicyclic) bond motifs is 2. The van der Waals surface area contributed by atoms with Gasteiger partial charge in [0.25, 0.3) is 0 Å². The maximum atomic E-state index is 5.23. The van der Waals surface area contributed by atoms with Crippen molar-refractivity contribution in [3.63, 3.8) is 0 Å². The van der Waals surface area contributed by atoms with Gasteiger partial charge in [0.05, 0.1) is 7.11 Å². The summed E-state index contributed by atoms with van der Waals surface area (Å²) in [7, 11) is 1.72. The number of benzene rings is 1. The van der Waals surface area contributed by atoms with E-state index in [9.17, 15) is 0 Å². The fourth-order valence-corrected chi connectivity index (χ4v) is 3.42. The summed E-state index contributed by atoms with van der Waals surface area (Å²) in [5.41, 5.74) is 1.39. The number of nitrogens with zero attached hydrogens (tertiary/aromatic N) is 1. The van der Waals surface area contributed by atoms with Gasteiger partial charge in [-0.1, -0.05) is 12.1 Å².